The van der Waals surface area contributed by atoms with Crippen molar-refractivity contribution in [3.63, 3.8) is 0 Å². The van der Waals surface area contributed by atoms with Gasteiger partial charge in [0.05, 0.1) is 4.92 Å². The maximum Gasteiger partial charge on any atom is 0.407 e. The quantitative estimate of drug-likeness (QED) is 0.643. The van der Waals surface area contributed by atoms with Gasteiger partial charge in [0.2, 0.25) is 0 Å². The average Bonchev–Trinajstić information content (AvgIpc) is 2.45. The fourth-order valence-electron chi connectivity index (χ4n) is 2.31. The fourth-order valence-corrected chi connectivity index (χ4v) is 3.14. The predicted octanol–water partition coefficient (Wildman–Crippen LogP) is 0.798. The van der Waals surface area contributed by atoms with Gasteiger partial charge in [0.25, 0.3) is 5.69 Å². The molecule has 0 saturated carbocycles. The summed E-state index contributed by atoms with van der Waals surface area (Å²) >= 11 is 0. The first-order valence-corrected chi connectivity index (χ1v) is 8.30. The van der Waals surface area contributed by atoms with Crippen LogP contribution < -0.4 is 4.90 Å². The second kappa shape index (κ2) is 5.79. The van der Waals surface area contributed by atoms with E-state index < -0.39 is 26.5 Å². The molecular weight excluding hydrogens is 314 g/mol. The molecule has 0 atom stereocenters. The molecule has 2 rings (SSSR count). The summed E-state index contributed by atoms with van der Waals surface area (Å²) in [7, 11) is -3.69. The molecule has 1 aliphatic heterocycles. The van der Waals surface area contributed by atoms with Gasteiger partial charge in [-0.1, -0.05) is 0 Å². The number of piperazine rings is 1. The van der Waals surface area contributed by atoms with Gasteiger partial charge in [0.15, 0.2) is 9.84 Å². The molecule has 1 N–H and O–H groups in total. The Kier molecular flexibility index (Phi) is 4.22. The number of nitro benzene ring substituents is 1. The maximum atomic E-state index is 11.6. The molecule has 0 aromatic heterocycles. The van der Waals surface area contributed by atoms with Crippen LogP contribution in [-0.2, 0) is 9.84 Å². The lowest BCUT2D eigenvalue weighted by molar-refractivity contribution is -0.387. The van der Waals surface area contributed by atoms with Crippen molar-refractivity contribution in [3.8, 4) is 0 Å². The summed E-state index contributed by atoms with van der Waals surface area (Å²) in [6, 6.07) is 3.93. The lowest BCUT2D eigenvalue weighted by atomic mass is 10.2. The average molecular weight is 329 g/mol. The van der Waals surface area contributed by atoms with Crippen molar-refractivity contribution in [3.05, 3.63) is 28.3 Å². The van der Waals surface area contributed by atoms with Gasteiger partial charge in [-0.2, -0.15) is 0 Å². The topological polar surface area (TPSA) is 121 Å². The number of hydrogen-bond acceptors (Lipinski definition) is 6. The van der Waals surface area contributed by atoms with E-state index in [1.807, 2.05) is 0 Å². The van der Waals surface area contributed by atoms with Crippen molar-refractivity contribution in [2.45, 2.75) is 4.90 Å². The molecular formula is C12H15N3O6S. The summed E-state index contributed by atoms with van der Waals surface area (Å²) in [6.07, 6.45) is -0.0845. The molecule has 10 heteroatoms. The smallest absolute Gasteiger partial charge is 0.407 e. The summed E-state index contributed by atoms with van der Waals surface area (Å²) in [5.41, 5.74) is 0.0322. The third kappa shape index (κ3) is 3.27. The minimum absolute atomic E-state index is 0.289. The Hall–Kier alpha value is -2.36. The molecule has 1 amide bonds. The van der Waals surface area contributed by atoms with Crippen LogP contribution in [-0.4, -0.2) is 61.9 Å². The van der Waals surface area contributed by atoms with Crippen LogP contribution in [0.5, 0.6) is 0 Å². The van der Waals surface area contributed by atoms with Crippen molar-refractivity contribution < 1.29 is 23.2 Å². The van der Waals surface area contributed by atoms with E-state index in [0.717, 1.165) is 6.26 Å². The molecule has 1 aliphatic rings. The van der Waals surface area contributed by atoms with Crippen molar-refractivity contribution in [2.75, 3.05) is 37.3 Å². The van der Waals surface area contributed by atoms with Crippen LogP contribution in [0.3, 0.4) is 0 Å². The SMILES string of the molecule is CS(=O)(=O)c1ccc(N2CCN(C(=O)O)CC2)cc1[N+](=O)[O-]. The van der Waals surface area contributed by atoms with Crippen molar-refractivity contribution >= 4 is 27.3 Å². The van der Waals surface area contributed by atoms with Crippen LogP contribution in [0.2, 0.25) is 0 Å². The standard InChI is InChI=1S/C12H15N3O6S/c1-22(20,21)11-3-2-9(8-10(11)15(18)19)13-4-6-14(7-5-13)12(16)17/h2-3,8H,4-7H2,1H3,(H,16,17). The Morgan fingerprint density at radius 1 is 1.27 bits per heavy atom. The number of amides is 1. The molecule has 0 aliphatic carbocycles. The number of sulfone groups is 1. The molecule has 1 heterocycles. The zero-order valence-corrected chi connectivity index (χ0v) is 12.6. The van der Waals surface area contributed by atoms with E-state index in [1.54, 1.807) is 4.90 Å². The van der Waals surface area contributed by atoms with E-state index in [2.05, 4.69) is 0 Å². The summed E-state index contributed by atoms with van der Waals surface area (Å²) in [5, 5.41) is 20.0. The number of rotatable bonds is 3. The molecule has 1 saturated heterocycles. The lowest BCUT2D eigenvalue weighted by Gasteiger charge is -2.34. The third-order valence-corrected chi connectivity index (χ3v) is 4.60. The number of anilines is 1. The Balaban J connectivity index is 2.29. The van der Waals surface area contributed by atoms with Gasteiger partial charge < -0.3 is 14.9 Å². The Morgan fingerprint density at radius 3 is 2.32 bits per heavy atom. The second-order valence-corrected chi connectivity index (χ2v) is 6.92. The molecule has 1 aromatic carbocycles. The lowest BCUT2D eigenvalue weighted by Crippen LogP contribution is -2.48. The van der Waals surface area contributed by atoms with E-state index in [-0.39, 0.29) is 18.0 Å². The number of nitro groups is 1. The van der Waals surface area contributed by atoms with Gasteiger partial charge in [-0.3, -0.25) is 10.1 Å². The number of benzene rings is 1. The van der Waals surface area contributed by atoms with E-state index in [0.29, 0.717) is 18.8 Å². The van der Waals surface area contributed by atoms with Crippen LogP contribution in [0.25, 0.3) is 0 Å². The molecule has 22 heavy (non-hydrogen) atoms. The summed E-state index contributed by atoms with van der Waals surface area (Å²) in [4.78, 5) is 23.9. The Labute approximate surface area is 126 Å². The third-order valence-electron chi connectivity index (χ3n) is 3.45. The predicted molar refractivity (Wildman–Crippen MR) is 78.0 cm³/mol. The number of carbonyl (C=O) groups is 1. The first-order chi connectivity index (χ1) is 10.2. The molecule has 9 nitrogen and oxygen atoms in total. The molecule has 120 valence electrons. The number of nitrogens with zero attached hydrogens (tertiary/aromatic N) is 3. The highest BCUT2D eigenvalue weighted by atomic mass is 32.2. The normalized spacial score (nSPS) is 15.7. The second-order valence-electron chi connectivity index (χ2n) is 4.94. The molecule has 1 aromatic rings. The summed E-state index contributed by atoms with van der Waals surface area (Å²) in [5.74, 6) is 0. The van der Waals surface area contributed by atoms with Gasteiger partial charge in [-0.25, -0.2) is 13.2 Å². The van der Waals surface area contributed by atoms with Crippen LogP contribution in [0.1, 0.15) is 0 Å². The minimum atomic E-state index is -3.69. The van der Waals surface area contributed by atoms with Crippen LogP contribution in [0, 0.1) is 10.1 Å². The zero-order chi connectivity index (χ0) is 16.5. The summed E-state index contributed by atoms with van der Waals surface area (Å²) < 4.78 is 23.1. The Bertz CT molecular complexity index is 710. The van der Waals surface area contributed by atoms with Gasteiger partial charge in [0.1, 0.15) is 4.90 Å². The highest BCUT2D eigenvalue weighted by Crippen LogP contribution is 2.29. The number of carboxylic acid groups (broad SMARTS) is 1. The van der Waals surface area contributed by atoms with Crippen molar-refractivity contribution in [1.82, 2.24) is 4.90 Å². The largest absolute Gasteiger partial charge is 0.465 e. The van der Waals surface area contributed by atoms with Gasteiger partial charge >= 0.3 is 6.09 Å². The molecule has 0 bridgehead atoms. The Morgan fingerprint density at radius 2 is 1.86 bits per heavy atom. The minimum Gasteiger partial charge on any atom is -0.465 e. The van der Waals surface area contributed by atoms with E-state index in [1.165, 1.54) is 23.1 Å². The van der Waals surface area contributed by atoms with E-state index in [4.69, 9.17) is 5.11 Å². The molecule has 0 spiro atoms. The summed E-state index contributed by atoms with van der Waals surface area (Å²) in [6.45, 7) is 1.36. The highest BCUT2D eigenvalue weighted by molar-refractivity contribution is 7.90. The first kappa shape index (κ1) is 16.0. The van der Waals surface area contributed by atoms with Crippen molar-refractivity contribution in [2.24, 2.45) is 0 Å². The van der Waals surface area contributed by atoms with Gasteiger partial charge in [0, 0.05) is 44.2 Å². The number of hydrogen-bond donors (Lipinski definition) is 1. The monoisotopic (exact) mass is 329 g/mol. The highest BCUT2D eigenvalue weighted by Gasteiger charge is 2.26. The fraction of sp³-hybridized carbons (Fsp3) is 0.417. The molecule has 0 radical (unpaired) electrons. The maximum absolute atomic E-state index is 11.6. The van der Waals surface area contributed by atoms with Gasteiger partial charge in [-0.05, 0) is 12.1 Å². The van der Waals surface area contributed by atoms with E-state index in [9.17, 15) is 23.3 Å². The van der Waals surface area contributed by atoms with Crippen LogP contribution in [0.15, 0.2) is 23.1 Å². The van der Waals surface area contributed by atoms with Crippen molar-refractivity contribution in [1.29, 1.82) is 0 Å². The zero-order valence-electron chi connectivity index (χ0n) is 11.8. The molecule has 1 fully saturated rings. The first-order valence-electron chi connectivity index (χ1n) is 6.41. The van der Waals surface area contributed by atoms with Gasteiger partial charge in [-0.15, -0.1) is 0 Å². The van der Waals surface area contributed by atoms with Crippen LogP contribution in [0.4, 0.5) is 16.2 Å². The molecule has 0 unspecified atom stereocenters. The van der Waals surface area contributed by atoms with Crippen LogP contribution >= 0.6 is 0 Å². The van der Waals surface area contributed by atoms with E-state index >= 15 is 0 Å².